The van der Waals surface area contributed by atoms with Crippen LogP contribution in [0.1, 0.15) is 29.5 Å². The number of hydrogen-bond donors (Lipinski definition) is 1. The molecule has 1 aliphatic heterocycles. The average Bonchev–Trinajstić information content (AvgIpc) is 2.31. The van der Waals surface area contributed by atoms with Crippen molar-refractivity contribution in [2.75, 3.05) is 20.1 Å². The SMILES string of the molecule is Cc1cccc(C)c1CNC1CCN(C)CC1. The minimum atomic E-state index is 0.699. The molecule has 0 aromatic heterocycles. The van der Waals surface area contributed by atoms with Crippen molar-refractivity contribution >= 4 is 0 Å². The molecule has 94 valence electrons. The van der Waals surface area contributed by atoms with E-state index in [9.17, 15) is 0 Å². The van der Waals surface area contributed by atoms with Gasteiger partial charge in [-0.05, 0) is 63.5 Å². The normalized spacial score (nSPS) is 18.5. The van der Waals surface area contributed by atoms with Crippen LogP contribution < -0.4 is 5.32 Å². The molecule has 0 unspecified atom stereocenters. The van der Waals surface area contributed by atoms with Crippen LogP contribution in [-0.4, -0.2) is 31.1 Å². The Morgan fingerprint density at radius 3 is 2.35 bits per heavy atom. The first-order valence-electron chi connectivity index (χ1n) is 6.64. The van der Waals surface area contributed by atoms with E-state index in [1.807, 2.05) is 0 Å². The van der Waals surface area contributed by atoms with Crippen molar-refractivity contribution in [1.29, 1.82) is 0 Å². The summed E-state index contributed by atoms with van der Waals surface area (Å²) in [5.41, 5.74) is 4.29. The van der Waals surface area contributed by atoms with Gasteiger partial charge in [-0.2, -0.15) is 0 Å². The molecule has 0 amide bonds. The van der Waals surface area contributed by atoms with Gasteiger partial charge in [0.1, 0.15) is 0 Å². The maximum atomic E-state index is 3.71. The molecule has 0 radical (unpaired) electrons. The van der Waals surface area contributed by atoms with Crippen molar-refractivity contribution in [2.45, 2.75) is 39.3 Å². The molecule has 0 saturated carbocycles. The van der Waals surface area contributed by atoms with Gasteiger partial charge in [-0.1, -0.05) is 18.2 Å². The number of nitrogens with zero attached hydrogens (tertiary/aromatic N) is 1. The number of rotatable bonds is 3. The molecule has 0 spiro atoms. The van der Waals surface area contributed by atoms with Crippen LogP contribution in [0, 0.1) is 13.8 Å². The molecular weight excluding hydrogens is 208 g/mol. The molecule has 0 aliphatic carbocycles. The Morgan fingerprint density at radius 1 is 1.18 bits per heavy atom. The van der Waals surface area contributed by atoms with Crippen LogP contribution in [0.5, 0.6) is 0 Å². The van der Waals surface area contributed by atoms with Crippen LogP contribution in [0.25, 0.3) is 0 Å². The zero-order valence-corrected chi connectivity index (χ0v) is 11.3. The molecule has 1 heterocycles. The fourth-order valence-corrected chi connectivity index (χ4v) is 2.59. The third-order valence-corrected chi connectivity index (χ3v) is 3.93. The molecular formula is C15H24N2. The molecule has 1 fully saturated rings. The first-order chi connectivity index (χ1) is 8.16. The molecule has 1 N–H and O–H groups in total. The van der Waals surface area contributed by atoms with E-state index in [0.717, 1.165) is 6.54 Å². The monoisotopic (exact) mass is 232 g/mol. The fourth-order valence-electron chi connectivity index (χ4n) is 2.59. The summed E-state index contributed by atoms with van der Waals surface area (Å²) in [6.45, 7) is 7.89. The molecule has 0 atom stereocenters. The van der Waals surface area contributed by atoms with E-state index in [-0.39, 0.29) is 0 Å². The van der Waals surface area contributed by atoms with Crippen molar-refractivity contribution in [3.63, 3.8) is 0 Å². The summed E-state index contributed by atoms with van der Waals surface area (Å²) in [5, 5.41) is 3.71. The van der Waals surface area contributed by atoms with Crippen molar-refractivity contribution in [1.82, 2.24) is 10.2 Å². The van der Waals surface area contributed by atoms with Crippen molar-refractivity contribution in [2.24, 2.45) is 0 Å². The van der Waals surface area contributed by atoms with E-state index >= 15 is 0 Å². The van der Waals surface area contributed by atoms with Gasteiger partial charge in [0, 0.05) is 12.6 Å². The van der Waals surface area contributed by atoms with Crippen molar-refractivity contribution in [3.8, 4) is 0 Å². The number of benzene rings is 1. The van der Waals surface area contributed by atoms with E-state index in [4.69, 9.17) is 0 Å². The number of aryl methyl sites for hydroxylation is 2. The lowest BCUT2D eigenvalue weighted by Gasteiger charge is -2.30. The fraction of sp³-hybridized carbons (Fsp3) is 0.600. The largest absolute Gasteiger partial charge is 0.310 e. The molecule has 1 saturated heterocycles. The van der Waals surface area contributed by atoms with Crippen LogP contribution in [0.3, 0.4) is 0 Å². The van der Waals surface area contributed by atoms with E-state index in [1.165, 1.54) is 42.6 Å². The van der Waals surface area contributed by atoms with E-state index in [2.05, 4.69) is 49.3 Å². The van der Waals surface area contributed by atoms with Gasteiger partial charge < -0.3 is 10.2 Å². The number of hydrogen-bond acceptors (Lipinski definition) is 2. The minimum Gasteiger partial charge on any atom is -0.310 e. The molecule has 2 heteroatoms. The maximum absolute atomic E-state index is 3.71. The predicted octanol–water partition coefficient (Wildman–Crippen LogP) is 2.49. The first kappa shape index (κ1) is 12.6. The summed E-state index contributed by atoms with van der Waals surface area (Å²) in [7, 11) is 2.21. The highest BCUT2D eigenvalue weighted by atomic mass is 15.1. The second kappa shape index (κ2) is 5.65. The Morgan fingerprint density at radius 2 is 1.76 bits per heavy atom. The van der Waals surface area contributed by atoms with Crippen LogP contribution >= 0.6 is 0 Å². The van der Waals surface area contributed by atoms with Gasteiger partial charge in [0.05, 0.1) is 0 Å². The standard InChI is InChI=1S/C15H24N2/c1-12-5-4-6-13(2)15(12)11-16-14-7-9-17(3)10-8-14/h4-6,14,16H,7-11H2,1-3H3. The Bertz CT molecular complexity index is 345. The summed E-state index contributed by atoms with van der Waals surface area (Å²) < 4.78 is 0. The summed E-state index contributed by atoms with van der Waals surface area (Å²) >= 11 is 0. The number of likely N-dealkylation sites (tertiary alicyclic amines) is 1. The molecule has 2 rings (SSSR count). The summed E-state index contributed by atoms with van der Waals surface area (Å²) in [4.78, 5) is 2.41. The van der Waals surface area contributed by atoms with Gasteiger partial charge in [0.15, 0.2) is 0 Å². The zero-order valence-electron chi connectivity index (χ0n) is 11.3. The van der Waals surface area contributed by atoms with Crippen molar-refractivity contribution in [3.05, 3.63) is 34.9 Å². The molecule has 2 nitrogen and oxygen atoms in total. The highest BCUT2D eigenvalue weighted by molar-refractivity contribution is 5.33. The smallest absolute Gasteiger partial charge is 0.0213 e. The lowest BCUT2D eigenvalue weighted by Crippen LogP contribution is -2.40. The average molecular weight is 232 g/mol. The second-order valence-electron chi connectivity index (χ2n) is 5.33. The molecule has 1 aromatic carbocycles. The van der Waals surface area contributed by atoms with Crippen molar-refractivity contribution < 1.29 is 0 Å². The molecule has 17 heavy (non-hydrogen) atoms. The lowest BCUT2D eigenvalue weighted by molar-refractivity contribution is 0.234. The summed E-state index contributed by atoms with van der Waals surface area (Å²) in [6.07, 6.45) is 2.56. The first-order valence-corrected chi connectivity index (χ1v) is 6.64. The van der Waals surface area contributed by atoms with Gasteiger partial charge >= 0.3 is 0 Å². The number of nitrogens with one attached hydrogen (secondary N) is 1. The van der Waals surface area contributed by atoms with Crippen LogP contribution in [-0.2, 0) is 6.54 Å². The van der Waals surface area contributed by atoms with Gasteiger partial charge in [-0.3, -0.25) is 0 Å². The Hall–Kier alpha value is -0.860. The predicted molar refractivity (Wildman–Crippen MR) is 73.3 cm³/mol. The highest BCUT2D eigenvalue weighted by Crippen LogP contribution is 2.15. The summed E-state index contributed by atoms with van der Waals surface area (Å²) in [5.74, 6) is 0. The highest BCUT2D eigenvalue weighted by Gasteiger charge is 2.16. The Labute approximate surface area is 105 Å². The van der Waals surface area contributed by atoms with Gasteiger partial charge in [-0.25, -0.2) is 0 Å². The topological polar surface area (TPSA) is 15.3 Å². The third kappa shape index (κ3) is 3.30. The second-order valence-corrected chi connectivity index (χ2v) is 5.33. The zero-order chi connectivity index (χ0) is 12.3. The van der Waals surface area contributed by atoms with Gasteiger partial charge in [-0.15, -0.1) is 0 Å². The maximum Gasteiger partial charge on any atom is 0.0213 e. The Kier molecular flexibility index (Phi) is 4.19. The minimum absolute atomic E-state index is 0.699. The quantitative estimate of drug-likeness (QED) is 0.861. The molecule has 1 aliphatic rings. The lowest BCUT2D eigenvalue weighted by atomic mass is 10.0. The number of piperidine rings is 1. The Balaban J connectivity index is 1.89. The van der Waals surface area contributed by atoms with E-state index in [0.29, 0.717) is 6.04 Å². The summed E-state index contributed by atoms with van der Waals surface area (Å²) in [6, 6.07) is 7.26. The van der Waals surface area contributed by atoms with E-state index in [1.54, 1.807) is 0 Å². The molecule has 0 bridgehead atoms. The van der Waals surface area contributed by atoms with Gasteiger partial charge in [0.2, 0.25) is 0 Å². The van der Waals surface area contributed by atoms with Crippen LogP contribution in [0.2, 0.25) is 0 Å². The van der Waals surface area contributed by atoms with Gasteiger partial charge in [0.25, 0.3) is 0 Å². The van der Waals surface area contributed by atoms with Crippen LogP contribution in [0.4, 0.5) is 0 Å². The van der Waals surface area contributed by atoms with Crippen LogP contribution in [0.15, 0.2) is 18.2 Å². The van der Waals surface area contributed by atoms with E-state index < -0.39 is 0 Å². The third-order valence-electron chi connectivity index (χ3n) is 3.93. The molecule has 1 aromatic rings.